The van der Waals surface area contributed by atoms with E-state index in [0.717, 1.165) is 29.3 Å². The van der Waals surface area contributed by atoms with Gasteiger partial charge in [0.2, 0.25) is 0 Å². The largest absolute Gasteiger partial charge is 0.480 e. The maximum atomic E-state index is 12.4. The van der Waals surface area contributed by atoms with Crippen LogP contribution in [0.5, 0.6) is 0 Å². The van der Waals surface area contributed by atoms with E-state index in [1.807, 2.05) is 5.38 Å². The molecule has 1 aromatic rings. The highest BCUT2D eigenvalue weighted by Gasteiger charge is 2.37. The summed E-state index contributed by atoms with van der Waals surface area (Å²) < 4.78 is 28.2. The number of aromatic nitrogens is 1. The molecular formula is C12H17N3O4S2. The molecule has 1 saturated carbocycles. The van der Waals surface area contributed by atoms with Crippen LogP contribution < -0.4 is 4.72 Å². The van der Waals surface area contributed by atoms with Crippen LogP contribution in [0.1, 0.15) is 43.7 Å². The first-order chi connectivity index (χ1) is 9.97. The molecule has 1 aliphatic heterocycles. The molecule has 3 rings (SSSR count). The van der Waals surface area contributed by atoms with Gasteiger partial charge >= 0.3 is 16.2 Å². The van der Waals surface area contributed by atoms with Crippen molar-refractivity contribution in [3.8, 4) is 0 Å². The van der Waals surface area contributed by atoms with Gasteiger partial charge in [-0.2, -0.15) is 12.7 Å². The zero-order valence-electron chi connectivity index (χ0n) is 11.4. The van der Waals surface area contributed by atoms with Gasteiger partial charge in [-0.05, 0) is 32.1 Å². The summed E-state index contributed by atoms with van der Waals surface area (Å²) in [6.07, 6.45) is 3.95. The number of anilines is 1. The molecule has 0 aromatic carbocycles. The molecule has 116 valence electrons. The van der Waals surface area contributed by atoms with Crippen molar-refractivity contribution in [2.45, 2.75) is 44.1 Å². The Morgan fingerprint density at radius 2 is 2.14 bits per heavy atom. The van der Waals surface area contributed by atoms with Crippen molar-refractivity contribution in [1.82, 2.24) is 9.29 Å². The summed E-state index contributed by atoms with van der Waals surface area (Å²) in [5.41, 5.74) is 0.922. The second-order valence-corrected chi connectivity index (χ2v) is 7.90. The summed E-state index contributed by atoms with van der Waals surface area (Å²) in [6.45, 7) is 0.229. The lowest BCUT2D eigenvalue weighted by Crippen LogP contribution is -2.49. The minimum Gasteiger partial charge on any atom is -0.480 e. The van der Waals surface area contributed by atoms with E-state index in [1.54, 1.807) is 0 Å². The molecule has 0 spiro atoms. The van der Waals surface area contributed by atoms with Crippen molar-refractivity contribution in [2.24, 2.45) is 0 Å². The number of carbonyl (C=O) groups is 1. The molecule has 1 atom stereocenters. The topological polar surface area (TPSA) is 99.6 Å². The quantitative estimate of drug-likeness (QED) is 0.854. The predicted molar refractivity (Wildman–Crippen MR) is 78.6 cm³/mol. The zero-order chi connectivity index (χ0) is 15.0. The van der Waals surface area contributed by atoms with Crippen molar-refractivity contribution in [3.63, 3.8) is 0 Å². The Bertz CT molecular complexity index is 639. The van der Waals surface area contributed by atoms with E-state index in [4.69, 9.17) is 0 Å². The fourth-order valence-corrected chi connectivity index (χ4v) is 4.94. The number of hydrogen-bond donors (Lipinski definition) is 2. The minimum atomic E-state index is -3.87. The fraction of sp³-hybridized carbons (Fsp3) is 0.667. The first kappa shape index (κ1) is 14.7. The van der Waals surface area contributed by atoms with Gasteiger partial charge in [0.15, 0.2) is 5.13 Å². The molecule has 1 aliphatic carbocycles. The van der Waals surface area contributed by atoms with Crippen LogP contribution in [0.4, 0.5) is 5.13 Å². The molecule has 0 radical (unpaired) electrons. The standard InChI is InChI=1S/C12H17N3O4S2/c16-11(17)10-3-1-2-6-15(10)21(18,19)14-12-13-9(7-20-12)8-4-5-8/h7-8,10H,1-6H2,(H,13,14)(H,16,17). The lowest BCUT2D eigenvalue weighted by molar-refractivity contribution is -0.142. The highest BCUT2D eigenvalue weighted by atomic mass is 32.2. The van der Waals surface area contributed by atoms with E-state index in [9.17, 15) is 18.3 Å². The summed E-state index contributed by atoms with van der Waals surface area (Å²) in [5.74, 6) is -0.640. The summed E-state index contributed by atoms with van der Waals surface area (Å²) >= 11 is 1.24. The fourth-order valence-electron chi connectivity index (χ4n) is 2.51. The average Bonchev–Trinajstić information content (AvgIpc) is 3.20. The van der Waals surface area contributed by atoms with E-state index in [-0.39, 0.29) is 6.54 Å². The second kappa shape index (κ2) is 5.54. The van der Waals surface area contributed by atoms with E-state index < -0.39 is 22.2 Å². The molecule has 0 bridgehead atoms. The van der Waals surface area contributed by atoms with Gasteiger partial charge in [0.05, 0.1) is 5.69 Å². The number of nitrogens with one attached hydrogen (secondary N) is 1. The minimum absolute atomic E-state index is 0.229. The number of rotatable bonds is 5. The Kier molecular flexibility index (Phi) is 3.89. The highest BCUT2D eigenvalue weighted by Crippen LogP contribution is 2.41. The molecule has 2 fully saturated rings. The van der Waals surface area contributed by atoms with Crippen molar-refractivity contribution in [1.29, 1.82) is 0 Å². The smallest absolute Gasteiger partial charge is 0.322 e. The first-order valence-corrected chi connectivity index (χ1v) is 9.27. The SMILES string of the molecule is O=C(O)C1CCCCN1S(=O)(=O)Nc1nc(C2CC2)cs1. The van der Waals surface area contributed by atoms with Crippen LogP contribution in [0.15, 0.2) is 5.38 Å². The maximum absolute atomic E-state index is 12.4. The third-order valence-electron chi connectivity index (χ3n) is 3.78. The van der Waals surface area contributed by atoms with Crippen LogP contribution in [0.25, 0.3) is 0 Å². The van der Waals surface area contributed by atoms with Crippen LogP contribution in [-0.4, -0.2) is 41.4 Å². The van der Waals surface area contributed by atoms with Crippen molar-refractivity contribution in [2.75, 3.05) is 11.3 Å². The Labute approximate surface area is 127 Å². The van der Waals surface area contributed by atoms with Gasteiger partial charge in [-0.15, -0.1) is 11.3 Å². The first-order valence-electron chi connectivity index (χ1n) is 6.95. The van der Waals surface area contributed by atoms with Crippen LogP contribution in [0, 0.1) is 0 Å². The summed E-state index contributed by atoms with van der Waals surface area (Å²) in [5, 5.41) is 11.3. The van der Waals surface area contributed by atoms with Gasteiger partial charge in [0.25, 0.3) is 0 Å². The van der Waals surface area contributed by atoms with Gasteiger partial charge < -0.3 is 5.11 Å². The number of carboxylic acid groups (broad SMARTS) is 1. The predicted octanol–water partition coefficient (Wildman–Crippen LogP) is 1.62. The molecule has 2 heterocycles. The summed E-state index contributed by atoms with van der Waals surface area (Å²) in [6, 6.07) is -0.987. The van der Waals surface area contributed by atoms with Crippen molar-refractivity contribution < 1.29 is 18.3 Å². The molecule has 1 unspecified atom stereocenters. The van der Waals surface area contributed by atoms with E-state index >= 15 is 0 Å². The van der Waals surface area contributed by atoms with Crippen LogP contribution in [0.2, 0.25) is 0 Å². The zero-order valence-corrected chi connectivity index (χ0v) is 13.0. The molecule has 7 nitrogen and oxygen atoms in total. The van der Waals surface area contributed by atoms with Gasteiger partial charge in [-0.25, -0.2) is 9.71 Å². The number of carboxylic acids is 1. The van der Waals surface area contributed by atoms with Gasteiger partial charge in [0.1, 0.15) is 6.04 Å². The molecule has 0 amide bonds. The van der Waals surface area contributed by atoms with Crippen LogP contribution in [0.3, 0.4) is 0 Å². The number of nitrogens with zero attached hydrogens (tertiary/aromatic N) is 2. The van der Waals surface area contributed by atoms with E-state index in [0.29, 0.717) is 23.9 Å². The van der Waals surface area contributed by atoms with Crippen LogP contribution in [-0.2, 0) is 15.0 Å². The lowest BCUT2D eigenvalue weighted by Gasteiger charge is -2.31. The van der Waals surface area contributed by atoms with Crippen LogP contribution >= 0.6 is 11.3 Å². The van der Waals surface area contributed by atoms with Gasteiger partial charge in [-0.1, -0.05) is 0 Å². The molecule has 1 saturated heterocycles. The Morgan fingerprint density at radius 3 is 2.81 bits per heavy atom. The average molecular weight is 331 g/mol. The molecule has 21 heavy (non-hydrogen) atoms. The maximum Gasteiger partial charge on any atom is 0.322 e. The van der Waals surface area contributed by atoms with Crippen molar-refractivity contribution >= 4 is 32.6 Å². The Balaban J connectivity index is 1.76. The Morgan fingerprint density at radius 1 is 1.38 bits per heavy atom. The number of piperidine rings is 1. The third-order valence-corrected chi connectivity index (χ3v) is 6.19. The van der Waals surface area contributed by atoms with Crippen molar-refractivity contribution in [3.05, 3.63) is 11.1 Å². The number of thiazole rings is 1. The molecule has 9 heteroatoms. The molecule has 1 aromatic heterocycles. The van der Waals surface area contributed by atoms with Gasteiger partial charge in [0, 0.05) is 17.8 Å². The normalized spacial score (nSPS) is 23.9. The molecule has 2 aliphatic rings. The third kappa shape index (κ3) is 3.19. The monoisotopic (exact) mass is 331 g/mol. The summed E-state index contributed by atoms with van der Waals surface area (Å²) in [7, 11) is -3.87. The van der Waals surface area contributed by atoms with Gasteiger partial charge in [-0.3, -0.25) is 4.79 Å². The second-order valence-electron chi connectivity index (χ2n) is 5.42. The number of aliphatic carboxylic acids is 1. The molecular weight excluding hydrogens is 314 g/mol. The lowest BCUT2D eigenvalue weighted by atomic mass is 10.1. The summed E-state index contributed by atoms with van der Waals surface area (Å²) in [4.78, 5) is 15.5. The van der Waals surface area contributed by atoms with E-state index in [1.165, 1.54) is 11.3 Å². The number of hydrogen-bond acceptors (Lipinski definition) is 5. The van der Waals surface area contributed by atoms with E-state index in [2.05, 4.69) is 9.71 Å². The molecule has 2 N–H and O–H groups in total. The highest BCUT2D eigenvalue weighted by molar-refractivity contribution is 7.90. The Hall–Kier alpha value is -1.19.